The molecule has 0 aliphatic carbocycles. The van der Waals surface area contributed by atoms with Gasteiger partial charge in [0.15, 0.2) is 0 Å². The summed E-state index contributed by atoms with van der Waals surface area (Å²) in [5.74, 6) is 4.81. The molecule has 0 bridgehead atoms. The first-order chi connectivity index (χ1) is 16.1. The van der Waals surface area contributed by atoms with Crippen molar-refractivity contribution in [3.8, 4) is 11.8 Å². The van der Waals surface area contributed by atoms with Crippen molar-refractivity contribution in [2.24, 2.45) is 0 Å². The first-order valence-electron chi connectivity index (χ1n) is 10.0. The van der Waals surface area contributed by atoms with E-state index in [1.54, 1.807) is 24.3 Å². The Morgan fingerprint density at radius 3 is 2.26 bits per heavy atom. The standard InChI is InChI=1S/C25H19ClF3N3O2/c1-16(18-5-3-2-4-6-18)30-23(33)14-9-17-7-11-20(12-8-17)31-24(34)32-22-15-19(25(27,28)29)10-13-21(22)26/h2-8,10-13,15-16H,1H3,(H,30,33)(H2,31,32,34). The highest BCUT2D eigenvalue weighted by molar-refractivity contribution is 6.33. The Balaban J connectivity index is 1.57. The second-order valence-corrected chi connectivity index (χ2v) is 7.61. The molecule has 0 aromatic heterocycles. The molecule has 0 heterocycles. The Hall–Kier alpha value is -3.96. The molecule has 3 aromatic carbocycles. The molecule has 0 saturated carbocycles. The molecule has 5 nitrogen and oxygen atoms in total. The summed E-state index contributed by atoms with van der Waals surface area (Å²) in [5, 5.41) is 7.54. The van der Waals surface area contributed by atoms with Gasteiger partial charge >= 0.3 is 12.2 Å². The van der Waals surface area contributed by atoms with Crippen LogP contribution in [0.4, 0.5) is 29.3 Å². The van der Waals surface area contributed by atoms with Gasteiger partial charge in [0.05, 0.1) is 22.3 Å². The molecule has 174 valence electrons. The number of halogens is 4. The van der Waals surface area contributed by atoms with E-state index in [2.05, 4.69) is 27.8 Å². The summed E-state index contributed by atoms with van der Waals surface area (Å²) >= 11 is 5.88. The van der Waals surface area contributed by atoms with Crippen LogP contribution in [0.15, 0.2) is 72.8 Å². The molecule has 0 spiro atoms. The third-order valence-electron chi connectivity index (χ3n) is 4.65. The molecule has 3 N–H and O–H groups in total. The van der Waals surface area contributed by atoms with Crippen molar-refractivity contribution in [1.82, 2.24) is 5.32 Å². The van der Waals surface area contributed by atoms with E-state index < -0.39 is 23.7 Å². The van der Waals surface area contributed by atoms with Gasteiger partial charge in [-0.15, -0.1) is 0 Å². The molecule has 0 aliphatic rings. The Morgan fingerprint density at radius 2 is 1.62 bits per heavy atom. The summed E-state index contributed by atoms with van der Waals surface area (Å²) in [5.41, 5.74) is 0.755. The van der Waals surface area contributed by atoms with Crippen LogP contribution in [0.5, 0.6) is 0 Å². The number of carbonyl (C=O) groups is 2. The molecule has 0 fully saturated rings. The van der Waals surface area contributed by atoms with Gasteiger partial charge in [-0.25, -0.2) is 4.79 Å². The van der Waals surface area contributed by atoms with Crippen molar-refractivity contribution in [1.29, 1.82) is 0 Å². The maximum atomic E-state index is 12.9. The molecular weight excluding hydrogens is 467 g/mol. The summed E-state index contributed by atoms with van der Waals surface area (Å²) in [6.45, 7) is 1.85. The smallest absolute Gasteiger partial charge is 0.339 e. The number of benzene rings is 3. The first-order valence-corrected chi connectivity index (χ1v) is 10.4. The van der Waals surface area contributed by atoms with Crippen LogP contribution >= 0.6 is 11.6 Å². The van der Waals surface area contributed by atoms with Gasteiger partial charge < -0.3 is 16.0 Å². The number of urea groups is 1. The zero-order valence-corrected chi connectivity index (χ0v) is 18.6. The zero-order chi connectivity index (χ0) is 24.7. The summed E-state index contributed by atoms with van der Waals surface area (Å²) in [7, 11) is 0. The molecule has 0 saturated heterocycles. The lowest BCUT2D eigenvalue weighted by Crippen LogP contribution is -2.25. The SMILES string of the molecule is CC(NC(=O)C#Cc1ccc(NC(=O)Nc2cc(C(F)(F)F)ccc2Cl)cc1)c1ccccc1. The van der Waals surface area contributed by atoms with E-state index in [1.807, 2.05) is 37.3 Å². The van der Waals surface area contributed by atoms with Gasteiger partial charge in [0.1, 0.15) is 0 Å². The second kappa shape index (κ2) is 10.8. The first kappa shape index (κ1) is 24.7. The number of alkyl halides is 3. The van der Waals surface area contributed by atoms with Crippen LogP contribution in [0.3, 0.4) is 0 Å². The average Bonchev–Trinajstić information content (AvgIpc) is 2.80. The van der Waals surface area contributed by atoms with Gasteiger partial charge in [0.25, 0.3) is 5.91 Å². The fraction of sp³-hybridized carbons (Fsp3) is 0.120. The second-order valence-electron chi connectivity index (χ2n) is 7.20. The van der Waals surface area contributed by atoms with E-state index in [4.69, 9.17) is 11.6 Å². The predicted octanol–water partition coefficient (Wildman–Crippen LogP) is 6.23. The lowest BCUT2D eigenvalue weighted by Gasteiger charge is -2.12. The normalized spacial score (nSPS) is 11.6. The molecule has 1 unspecified atom stereocenters. The van der Waals surface area contributed by atoms with E-state index in [9.17, 15) is 22.8 Å². The largest absolute Gasteiger partial charge is 0.416 e. The van der Waals surface area contributed by atoms with Crippen LogP contribution in [-0.2, 0) is 11.0 Å². The van der Waals surface area contributed by atoms with Crippen molar-refractivity contribution in [3.63, 3.8) is 0 Å². The third-order valence-corrected chi connectivity index (χ3v) is 4.98. The number of rotatable bonds is 4. The lowest BCUT2D eigenvalue weighted by atomic mass is 10.1. The summed E-state index contributed by atoms with van der Waals surface area (Å²) in [4.78, 5) is 24.2. The van der Waals surface area contributed by atoms with Crippen LogP contribution in [0, 0.1) is 11.8 Å². The summed E-state index contributed by atoms with van der Waals surface area (Å²) in [6, 6.07) is 17.4. The van der Waals surface area contributed by atoms with Crippen LogP contribution in [-0.4, -0.2) is 11.9 Å². The maximum Gasteiger partial charge on any atom is 0.416 e. The van der Waals surface area contributed by atoms with Gasteiger partial charge in [-0.05, 0) is 55.0 Å². The maximum absolute atomic E-state index is 12.9. The number of hydrogen-bond acceptors (Lipinski definition) is 2. The highest BCUT2D eigenvalue weighted by Gasteiger charge is 2.31. The van der Waals surface area contributed by atoms with E-state index in [1.165, 1.54) is 0 Å². The lowest BCUT2D eigenvalue weighted by molar-refractivity contribution is -0.137. The molecule has 3 aromatic rings. The summed E-state index contributed by atoms with van der Waals surface area (Å²) < 4.78 is 38.6. The number of anilines is 2. The van der Waals surface area contributed by atoms with E-state index in [0.29, 0.717) is 11.3 Å². The van der Waals surface area contributed by atoms with Crippen molar-refractivity contribution in [2.75, 3.05) is 10.6 Å². The van der Waals surface area contributed by atoms with Gasteiger partial charge in [-0.1, -0.05) is 47.9 Å². The van der Waals surface area contributed by atoms with E-state index >= 15 is 0 Å². The monoisotopic (exact) mass is 485 g/mol. The van der Waals surface area contributed by atoms with Crippen LogP contribution in [0.1, 0.15) is 29.7 Å². The minimum absolute atomic E-state index is 0.0337. The van der Waals surface area contributed by atoms with E-state index in [0.717, 1.165) is 23.8 Å². The van der Waals surface area contributed by atoms with Crippen molar-refractivity contribution in [2.45, 2.75) is 19.1 Å². The molecule has 0 radical (unpaired) electrons. The molecule has 0 aliphatic heterocycles. The molecule has 34 heavy (non-hydrogen) atoms. The van der Waals surface area contributed by atoms with E-state index in [-0.39, 0.29) is 16.8 Å². The topological polar surface area (TPSA) is 70.2 Å². The fourth-order valence-electron chi connectivity index (χ4n) is 2.91. The van der Waals surface area contributed by atoms with Crippen molar-refractivity contribution in [3.05, 3.63) is 94.5 Å². The average molecular weight is 486 g/mol. The van der Waals surface area contributed by atoms with Gasteiger partial charge in [-0.3, -0.25) is 4.79 Å². The van der Waals surface area contributed by atoms with Gasteiger partial charge in [0, 0.05) is 17.2 Å². The van der Waals surface area contributed by atoms with Crippen LogP contribution < -0.4 is 16.0 Å². The number of nitrogens with one attached hydrogen (secondary N) is 3. The number of hydrogen-bond donors (Lipinski definition) is 3. The van der Waals surface area contributed by atoms with Crippen LogP contribution in [0.25, 0.3) is 0 Å². The number of carbonyl (C=O) groups excluding carboxylic acids is 2. The molecule has 1 atom stereocenters. The molecular formula is C25H19ClF3N3O2. The summed E-state index contributed by atoms with van der Waals surface area (Å²) in [6.07, 6.45) is -4.56. The van der Waals surface area contributed by atoms with Gasteiger partial charge in [0.2, 0.25) is 0 Å². The Kier molecular flexibility index (Phi) is 7.82. The Bertz CT molecular complexity index is 1230. The highest BCUT2D eigenvalue weighted by atomic mass is 35.5. The molecule has 3 rings (SSSR count). The highest BCUT2D eigenvalue weighted by Crippen LogP contribution is 2.33. The Morgan fingerprint density at radius 1 is 0.941 bits per heavy atom. The fourth-order valence-corrected chi connectivity index (χ4v) is 3.07. The molecule has 9 heteroatoms. The van der Waals surface area contributed by atoms with Crippen molar-refractivity contribution >= 4 is 34.9 Å². The van der Waals surface area contributed by atoms with Crippen molar-refractivity contribution < 1.29 is 22.8 Å². The number of amides is 3. The van der Waals surface area contributed by atoms with Crippen LogP contribution in [0.2, 0.25) is 5.02 Å². The zero-order valence-electron chi connectivity index (χ0n) is 17.8. The quantitative estimate of drug-likeness (QED) is 0.383. The minimum Gasteiger partial charge on any atom is -0.339 e. The van der Waals surface area contributed by atoms with Gasteiger partial charge in [-0.2, -0.15) is 13.2 Å². The predicted molar refractivity (Wildman–Crippen MR) is 125 cm³/mol. The Labute approximate surface area is 199 Å². The molecule has 3 amide bonds. The minimum atomic E-state index is -4.56. The third kappa shape index (κ3) is 7.02.